The maximum Gasteiger partial charge on any atom is 0.165 e. The average Bonchev–Trinajstić information content (AvgIpc) is 3.33. The van der Waals surface area contributed by atoms with E-state index in [1.165, 1.54) is 46.0 Å². The molecule has 0 bridgehead atoms. The van der Waals surface area contributed by atoms with Crippen molar-refractivity contribution in [3.05, 3.63) is 56.5 Å². The number of aromatic nitrogens is 3. The van der Waals surface area contributed by atoms with Gasteiger partial charge in [0.15, 0.2) is 5.82 Å². The number of benzene rings is 1. The van der Waals surface area contributed by atoms with Crippen LogP contribution in [0.5, 0.6) is 0 Å². The summed E-state index contributed by atoms with van der Waals surface area (Å²) in [5, 5.41) is 10.3. The number of nitrogens with zero attached hydrogens (tertiary/aromatic N) is 5. The maximum absolute atomic E-state index is 6.01. The normalized spacial score (nSPS) is 17.4. The molecule has 2 aliphatic heterocycles. The Morgan fingerprint density at radius 1 is 1.09 bits per heavy atom. The van der Waals surface area contributed by atoms with Crippen molar-refractivity contribution in [1.29, 1.82) is 0 Å². The molecule has 0 saturated carbocycles. The quantitative estimate of drug-likeness (QED) is 0.504. The molecule has 5 rings (SSSR count). The van der Waals surface area contributed by atoms with Crippen LogP contribution in [0.25, 0.3) is 11.4 Å². The first-order valence-electron chi connectivity index (χ1n) is 11.7. The van der Waals surface area contributed by atoms with Crippen molar-refractivity contribution in [3.8, 4) is 11.4 Å². The van der Waals surface area contributed by atoms with Crippen molar-refractivity contribution in [2.45, 2.75) is 51.1 Å². The topological polar surface area (TPSA) is 37.2 Å². The van der Waals surface area contributed by atoms with E-state index in [-0.39, 0.29) is 0 Å². The van der Waals surface area contributed by atoms with Gasteiger partial charge in [-0.2, -0.15) is 0 Å². The summed E-state index contributed by atoms with van der Waals surface area (Å²) >= 11 is 7.96. The van der Waals surface area contributed by atoms with Crippen molar-refractivity contribution in [2.75, 3.05) is 33.7 Å². The van der Waals surface area contributed by atoms with E-state index in [1.54, 1.807) is 0 Å². The Kier molecular flexibility index (Phi) is 6.65. The Balaban J connectivity index is 1.24. The summed E-state index contributed by atoms with van der Waals surface area (Å²) in [6.07, 6.45) is 5.74. The summed E-state index contributed by atoms with van der Waals surface area (Å²) in [6.45, 7) is 5.42. The van der Waals surface area contributed by atoms with E-state index in [4.69, 9.17) is 21.8 Å². The fourth-order valence-electron chi connectivity index (χ4n) is 5.04. The number of fused-ring (bicyclic) bond motifs is 3. The number of halogens is 1. The summed E-state index contributed by atoms with van der Waals surface area (Å²) in [5.41, 5.74) is 2.68. The molecule has 0 N–H and O–H groups in total. The minimum absolute atomic E-state index is 0.518. The molecular formula is C25H32ClN5S. The van der Waals surface area contributed by atoms with Gasteiger partial charge in [0.2, 0.25) is 0 Å². The molecule has 2 aliphatic rings. The van der Waals surface area contributed by atoms with Gasteiger partial charge in [-0.3, -0.25) is 0 Å². The molecular weight excluding hydrogens is 438 g/mol. The van der Waals surface area contributed by atoms with Crippen LogP contribution in [-0.4, -0.2) is 58.3 Å². The highest BCUT2D eigenvalue weighted by Crippen LogP contribution is 2.37. The van der Waals surface area contributed by atoms with Crippen LogP contribution < -0.4 is 0 Å². The number of hydrogen-bond donors (Lipinski definition) is 0. The van der Waals surface area contributed by atoms with E-state index < -0.39 is 0 Å². The third-order valence-corrected chi connectivity index (χ3v) is 8.15. The lowest BCUT2D eigenvalue weighted by Gasteiger charge is -2.31. The van der Waals surface area contributed by atoms with Crippen LogP contribution in [0.3, 0.4) is 0 Å². The van der Waals surface area contributed by atoms with Crippen molar-refractivity contribution in [2.24, 2.45) is 0 Å². The van der Waals surface area contributed by atoms with E-state index in [9.17, 15) is 0 Å². The molecule has 0 amide bonds. The number of likely N-dealkylation sites (tertiary alicyclic amines) is 1. The Labute approximate surface area is 200 Å². The van der Waals surface area contributed by atoms with Crippen LogP contribution in [0.1, 0.15) is 46.3 Å². The molecule has 7 heteroatoms. The molecule has 170 valence electrons. The number of rotatable bonds is 6. The first-order chi connectivity index (χ1) is 15.6. The summed E-state index contributed by atoms with van der Waals surface area (Å²) in [6, 6.07) is 10.6. The van der Waals surface area contributed by atoms with Crippen LogP contribution in [0.4, 0.5) is 0 Å². The second-order valence-corrected chi connectivity index (χ2v) is 11.1. The number of thiophene rings is 1. The molecule has 0 spiro atoms. The van der Waals surface area contributed by atoms with Crippen molar-refractivity contribution in [3.63, 3.8) is 0 Å². The minimum atomic E-state index is 0.518. The third-order valence-electron chi connectivity index (χ3n) is 6.72. The van der Waals surface area contributed by atoms with E-state index in [1.807, 2.05) is 23.5 Å². The molecule has 1 saturated heterocycles. The highest BCUT2D eigenvalue weighted by molar-refractivity contribution is 7.12. The Morgan fingerprint density at radius 2 is 1.88 bits per heavy atom. The second-order valence-electron chi connectivity index (χ2n) is 9.42. The van der Waals surface area contributed by atoms with Crippen LogP contribution in [-0.2, 0) is 25.9 Å². The molecule has 3 aromatic rings. The molecule has 32 heavy (non-hydrogen) atoms. The highest BCUT2D eigenvalue weighted by Gasteiger charge is 2.28. The SMILES string of the molecule is CN(C)Cc1cc2c(s1)CCCn1c-2nnc1C1CCN(CCc2ccc(Cl)cc2)CC1. The van der Waals surface area contributed by atoms with E-state index >= 15 is 0 Å². The summed E-state index contributed by atoms with van der Waals surface area (Å²) in [7, 11) is 4.26. The van der Waals surface area contributed by atoms with Gasteiger partial charge in [0.05, 0.1) is 0 Å². The lowest BCUT2D eigenvalue weighted by atomic mass is 9.95. The first-order valence-corrected chi connectivity index (χ1v) is 12.9. The van der Waals surface area contributed by atoms with Gasteiger partial charge in [0.25, 0.3) is 0 Å². The minimum Gasteiger partial charge on any atom is -0.311 e. The van der Waals surface area contributed by atoms with Crippen LogP contribution in [0.15, 0.2) is 30.3 Å². The van der Waals surface area contributed by atoms with E-state index in [0.29, 0.717) is 5.92 Å². The molecule has 0 atom stereocenters. The van der Waals surface area contributed by atoms with Crippen LogP contribution in [0.2, 0.25) is 5.02 Å². The monoisotopic (exact) mass is 469 g/mol. The van der Waals surface area contributed by atoms with E-state index in [0.717, 1.165) is 56.4 Å². The number of hydrogen-bond acceptors (Lipinski definition) is 5. The largest absolute Gasteiger partial charge is 0.311 e. The zero-order valence-corrected chi connectivity index (χ0v) is 20.6. The Bertz CT molecular complexity index is 1050. The maximum atomic E-state index is 6.01. The van der Waals surface area contributed by atoms with Gasteiger partial charge in [-0.05, 0) is 83.1 Å². The molecule has 0 unspecified atom stereocenters. The average molecular weight is 470 g/mol. The molecule has 0 radical (unpaired) electrons. The van der Waals surface area contributed by atoms with Crippen molar-refractivity contribution in [1.82, 2.24) is 24.6 Å². The molecule has 5 nitrogen and oxygen atoms in total. The van der Waals surface area contributed by atoms with Crippen molar-refractivity contribution < 1.29 is 0 Å². The highest BCUT2D eigenvalue weighted by atomic mass is 35.5. The Hall–Kier alpha value is -1.73. The van der Waals surface area contributed by atoms with Gasteiger partial charge in [-0.1, -0.05) is 23.7 Å². The fraction of sp³-hybridized carbons (Fsp3) is 0.520. The molecule has 1 aromatic carbocycles. The third kappa shape index (κ3) is 4.79. The van der Waals surface area contributed by atoms with Crippen molar-refractivity contribution >= 4 is 22.9 Å². The van der Waals surface area contributed by atoms with Gasteiger partial charge in [-0.15, -0.1) is 21.5 Å². The number of aryl methyl sites for hydroxylation is 1. The number of piperidine rings is 1. The first kappa shape index (κ1) is 22.1. The zero-order valence-electron chi connectivity index (χ0n) is 19.1. The molecule has 4 heterocycles. The summed E-state index contributed by atoms with van der Waals surface area (Å²) in [5.74, 6) is 2.83. The van der Waals surface area contributed by atoms with Gasteiger partial charge < -0.3 is 14.4 Å². The lowest BCUT2D eigenvalue weighted by molar-refractivity contribution is 0.209. The molecule has 0 aliphatic carbocycles. The van der Waals surface area contributed by atoms with Gasteiger partial charge >= 0.3 is 0 Å². The standard InChI is InChI=1S/C25H32ClN5S/c1-29(2)17-21-16-22-23(32-21)4-3-12-31-24(27-28-25(22)31)19-10-14-30(15-11-19)13-9-18-5-7-20(26)8-6-18/h5-8,16,19H,3-4,9-15,17H2,1-2H3. The van der Waals surface area contributed by atoms with Gasteiger partial charge in [0.1, 0.15) is 5.82 Å². The smallest absolute Gasteiger partial charge is 0.165 e. The van der Waals surface area contributed by atoms with E-state index in [2.05, 4.69) is 46.7 Å². The summed E-state index contributed by atoms with van der Waals surface area (Å²) in [4.78, 5) is 7.74. The van der Waals surface area contributed by atoms with Crippen LogP contribution >= 0.6 is 22.9 Å². The predicted octanol–water partition coefficient (Wildman–Crippen LogP) is 5.09. The molecule has 2 aromatic heterocycles. The Morgan fingerprint density at radius 3 is 2.62 bits per heavy atom. The molecule has 1 fully saturated rings. The van der Waals surface area contributed by atoms with Crippen LogP contribution in [0, 0.1) is 0 Å². The summed E-state index contributed by atoms with van der Waals surface area (Å²) < 4.78 is 2.44. The van der Waals surface area contributed by atoms with Gasteiger partial charge in [-0.25, -0.2) is 0 Å². The van der Waals surface area contributed by atoms with Gasteiger partial charge in [0, 0.05) is 45.9 Å². The zero-order chi connectivity index (χ0) is 22.1. The second kappa shape index (κ2) is 9.64. The lowest BCUT2D eigenvalue weighted by Crippen LogP contribution is -2.35. The fourth-order valence-corrected chi connectivity index (χ4v) is 6.48. The predicted molar refractivity (Wildman–Crippen MR) is 133 cm³/mol.